The topological polar surface area (TPSA) is 20.3 Å². The molecule has 1 saturated heterocycles. The Morgan fingerprint density at radius 1 is 1.33 bits per heavy atom. The molecule has 2 nitrogen and oxygen atoms in total. The number of carbonyl (C=O) groups is 1. The van der Waals surface area contributed by atoms with Crippen LogP contribution >= 0.6 is 0 Å². The first kappa shape index (κ1) is 13.1. The SMILES string of the molecule is CCC1CCCN(c2ccc(C=O)cc2C)CC1. The van der Waals surface area contributed by atoms with E-state index in [9.17, 15) is 4.79 Å². The van der Waals surface area contributed by atoms with Gasteiger partial charge in [-0.1, -0.05) is 13.3 Å². The molecule has 1 aromatic rings. The molecule has 0 aliphatic carbocycles. The first-order chi connectivity index (χ1) is 8.74. The van der Waals surface area contributed by atoms with Gasteiger partial charge >= 0.3 is 0 Å². The van der Waals surface area contributed by atoms with E-state index in [-0.39, 0.29) is 0 Å². The molecule has 0 spiro atoms. The van der Waals surface area contributed by atoms with E-state index >= 15 is 0 Å². The highest BCUT2D eigenvalue weighted by atomic mass is 16.1. The van der Waals surface area contributed by atoms with E-state index < -0.39 is 0 Å². The number of aryl methyl sites for hydroxylation is 1. The summed E-state index contributed by atoms with van der Waals surface area (Å²) in [6, 6.07) is 6.02. The molecule has 98 valence electrons. The zero-order valence-electron chi connectivity index (χ0n) is 11.5. The van der Waals surface area contributed by atoms with E-state index in [1.807, 2.05) is 12.1 Å². The number of hydrogen-bond acceptors (Lipinski definition) is 2. The number of nitrogens with zero attached hydrogens (tertiary/aromatic N) is 1. The van der Waals surface area contributed by atoms with Gasteiger partial charge in [-0.05, 0) is 55.9 Å². The Bertz CT molecular complexity index is 414. The summed E-state index contributed by atoms with van der Waals surface area (Å²) in [5, 5.41) is 0. The van der Waals surface area contributed by atoms with Gasteiger partial charge in [-0.25, -0.2) is 0 Å². The van der Waals surface area contributed by atoms with E-state index in [1.165, 1.54) is 36.9 Å². The van der Waals surface area contributed by atoms with Crippen LogP contribution in [-0.2, 0) is 0 Å². The lowest BCUT2D eigenvalue weighted by Gasteiger charge is -2.25. The molecule has 1 aliphatic rings. The minimum Gasteiger partial charge on any atom is -0.371 e. The van der Waals surface area contributed by atoms with E-state index in [2.05, 4.69) is 24.8 Å². The molecule has 18 heavy (non-hydrogen) atoms. The maximum Gasteiger partial charge on any atom is 0.150 e. The second kappa shape index (κ2) is 6.03. The summed E-state index contributed by atoms with van der Waals surface area (Å²) in [6.07, 6.45) is 6.17. The van der Waals surface area contributed by atoms with Gasteiger partial charge in [0.15, 0.2) is 0 Å². The van der Waals surface area contributed by atoms with Gasteiger partial charge in [0.1, 0.15) is 6.29 Å². The Balaban J connectivity index is 2.13. The quantitative estimate of drug-likeness (QED) is 0.754. The van der Waals surface area contributed by atoms with Crippen LogP contribution in [0.5, 0.6) is 0 Å². The Kier molecular flexibility index (Phi) is 4.40. The summed E-state index contributed by atoms with van der Waals surface area (Å²) in [6.45, 7) is 6.70. The maximum absolute atomic E-state index is 10.8. The Hall–Kier alpha value is -1.31. The first-order valence-corrected chi connectivity index (χ1v) is 7.05. The van der Waals surface area contributed by atoms with Crippen LogP contribution in [0.15, 0.2) is 18.2 Å². The summed E-state index contributed by atoms with van der Waals surface area (Å²) in [5.41, 5.74) is 3.30. The number of anilines is 1. The number of rotatable bonds is 3. The molecule has 1 heterocycles. The maximum atomic E-state index is 10.8. The standard InChI is InChI=1S/C16H23NO/c1-3-14-5-4-9-17(10-8-14)16-7-6-15(12-18)11-13(16)2/h6-7,11-12,14H,3-5,8-10H2,1-2H3. The summed E-state index contributed by atoms with van der Waals surface area (Å²) < 4.78 is 0. The second-order valence-corrected chi connectivity index (χ2v) is 5.36. The molecule has 1 unspecified atom stereocenters. The van der Waals surface area contributed by atoms with Crippen molar-refractivity contribution in [2.75, 3.05) is 18.0 Å². The third-order valence-electron chi connectivity index (χ3n) is 4.12. The zero-order chi connectivity index (χ0) is 13.0. The first-order valence-electron chi connectivity index (χ1n) is 7.05. The number of aldehydes is 1. The molecule has 0 N–H and O–H groups in total. The molecule has 1 aliphatic heterocycles. The molecule has 0 aromatic heterocycles. The van der Waals surface area contributed by atoms with Crippen molar-refractivity contribution in [3.8, 4) is 0 Å². The summed E-state index contributed by atoms with van der Waals surface area (Å²) in [5.74, 6) is 0.893. The zero-order valence-corrected chi connectivity index (χ0v) is 11.5. The molecule has 1 fully saturated rings. The summed E-state index contributed by atoms with van der Waals surface area (Å²) in [7, 11) is 0. The lowest BCUT2D eigenvalue weighted by molar-refractivity contribution is 0.112. The molecule has 2 rings (SSSR count). The van der Waals surface area contributed by atoms with Crippen LogP contribution in [0.2, 0.25) is 0 Å². The molecule has 0 radical (unpaired) electrons. The van der Waals surface area contributed by atoms with Gasteiger partial charge in [-0.3, -0.25) is 4.79 Å². The molecule has 0 amide bonds. The highest BCUT2D eigenvalue weighted by Crippen LogP contribution is 2.27. The molecular formula is C16H23NO. The molecule has 0 bridgehead atoms. The van der Waals surface area contributed by atoms with Crippen LogP contribution in [0, 0.1) is 12.8 Å². The number of carbonyl (C=O) groups excluding carboxylic acids is 1. The highest BCUT2D eigenvalue weighted by molar-refractivity contribution is 5.77. The minimum absolute atomic E-state index is 0.775. The van der Waals surface area contributed by atoms with Crippen LogP contribution in [0.1, 0.15) is 48.5 Å². The van der Waals surface area contributed by atoms with Crippen molar-refractivity contribution < 1.29 is 4.79 Å². The third-order valence-corrected chi connectivity index (χ3v) is 4.12. The van der Waals surface area contributed by atoms with Gasteiger partial charge in [0, 0.05) is 24.3 Å². The predicted molar refractivity (Wildman–Crippen MR) is 76.4 cm³/mol. The van der Waals surface area contributed by atoms with Crippen molar-refractivity contribution in [1.29, 1.82) is 0 Å². The number of hydrogen-bond donors (Lipinski definition) is 0. The Morgan fingerprint density at radius 2 is 2.17 bits per heavy atom. The average Bonchev–Trinajstić information content (AvgIpc) is 2.63. The largest absolute Gasteiger partial charge is 0.371 e. The third kappa shape index (κ3) is 2.92. The van der Waals surface area contributed by atoms with Crippen molar-refractivity contribution >= 4 is 12.0 Å². The van der Waals surface area contributed by atoms with Crippen molar-refractivity contribution in [3.63, 3.8) is 0 Å². The van der Waals surface area contributed by atoms with E-state index in [1.54, 1.807) is 0 Å². The fraction of sp³-hybridized carbons (Fsp3) is 0.562. The van der Waals surface area contributed by atoms with Crippen LogP contribution in [-0.4, -0.2) is 19.4 Å². The summed E-state index contributed by atoms with van der Waals surface area (Å²) >= 11 is 0. The van der Waals surface area contributed by atoms with Crippen molar-refractivity contribution in [2.24, 2.45) is 5.92 Å². The van der Waals surface area contributed by atoms with Crippen molar-refractivity contribution in [3.05, 3.63) is 29.3 Å². The van der Waals surface area contributed by atoms with Gasteiger partial charge < -0.3 is 4.90 Å². The van der Waals surface area contributed by atoms with E-state index in [0.29, 0.717) is 0 Å². The normalized spacial score (nSPS) is 20.6. The van der Waals surface area contributed by atoms with Crippen LogP contribution in [0.4, 0.5) is 5.69 Å². The minimum atomic E-state index is 0.775. The summed E-state index contributed by atoms with van der Waals surface area (Å²) in [4.78, 5) is 13.3. The lowest BCUT2D eigenvalue weighted by atomic mass is 9.98. The van der Waals surface area contributed by atoms with E-state index in [4.69, 9.17) is 0 Å². The van der Waals surface area contributed by atoms with Crippen LogP contribution in [0.3, 0.4) is 0 Å². The van der Waals surface area contributed by atoms with Gasteiger partial charge in [0.05, 0.1) is 0 Å². The predicted octanol–water partition coefficient (Wildman–Crippen LogP) is 3.82. The van der Waals surface area contributed by atoms with Crippen LogP contribution < -0.4 is 4.90 Å². The van der Waals surface area contributed by atoms with E-state index in [0.717, 1.165) is 30.9 Å². The lowest BCUT2D eigenvalue weighted by Crippen LogP contribution is -2.25. The monoisotopic (exact) mass is 245 g/mol. The fourth-order valence-corrected chi connectivity index (χ4v) is 2.92. The highest BCUT2D eigenvalue weighted by Gasteiger charge is 2.17. The Labute approximate surface area is 110 Å². The Morgan fingerprint density at radius 3 is 2.83 bits per heavy atom. The smallest absolute Gasteiger partial charge is 0.150 e. The average molecular weight is 245 g/mol. The number of benzene rings is 1. The van der Waals surface area contributed by atoms with Gasteiger partial charge in [-0.15, -0.1) is 0 Å². The van der Waals surface area contributed by atoms with Crippen LogP contribution in [0.25, 0.3) is 0 Å². The van der Waals surface area contributed by atoms with Gasteiger partial charge in [0.25, 0.3) is 0 Å². The van der Waals surface area contributed by atoms with Crippen molar-refractivity contribution in [1.82, 2.24) is 0 Å². The molecule has 1 atom stereocenters. The molecule has 1 aromatic carbocycles. The molecule has 2 heteroatoms. The molecular weight excluding hydrogens is 222 g/mol. The van der Waals surface area contributed by atoms with Gasteiger partial charge in [-0.2, -0.15) is 0 Å². The fourth-order valence-electron chi connectivity index (χ4n) is 2.92. The second-order valence-electron chi connectivity index (χ2n) is 5.36. The molecule has 0 saturated carbocycles. The van der Waals surface area contributed by atoms with Gasteiger partial charge in [0.2, 0.25) is 0 Å². The van der Waals surface area contributed by atoms with Crippen molar-refractivity contribution in [2.45, 2.75) is 39.5 Å².